The molecule has 0 aliphatic carbocycles. The molecule has 1 aromatic heterocycles. The van der Waals surface area contributed by atoms with Gasteiger partial charge in [0.05, 0.1) is 10.7 Å². The summed E-state index contributed by atoms with van der Waals surface area (Å²) in [4.78, 5) is 5.13. The molecule has 0 saturated carbocycles. The number of nitrogens with two attached hydrogens (primary N) is 1. The van der Waals surface area contributed by atoms with Crippen molar-refractivity contribution < 1.29 is 4.42 Å². The number of hydrogen-bond donors (Lipinski definition) is 1. The molecule has 90 valence electrons. The molecular formula is C12H13ClN2OS. The van der Waals surface area contributed by atoms with Crippen LogP contribution >= 0.6 is 23.4 Å². The highest BCUT2D eigenvalue weighted by Gasteiger charge is 2.09. The van der Waals surface area contributed by atoms with Crippen LogP contribution in [0.2, 0.25) is 5.02 Å². The smallest absolute Gasteiger partial charge is 0.260 e. The van der Waals surface area contributed by atoms with Crippen molar-refractivity contribution in [3.05, 3.63) is 40.7 Å². The van der Waals surface area contributed by atoms with Crippen LogP contribution in [0.1, 0.15) is 24.2 Å². The molecule has 1 heterocycles. The van der Waals surface area contributed by atoms with Crippen LogP contribution in [0.15, 0.2) is 39.0 Å². The molecule has 2 N–H and O–H groups in total. The third-order valence-corrected chi connectivity index (χ3v) is 3.64. The second kappa shape index (κ2) is 5.12. The van der Waals surface area contributed by atoms with Gasteiger partial charge in [-0.15, -0.1) is 0 Å². The molecule has 0 aliphatic heterocycles. The minimum atomic E-state index is -0.0180. The molecule has 5 heteroatoms. The largest absolute Gasteiger partial charge is 0.439 e. The number of benzene rings is 1. The number of oxazole rings is 1. The summed E-state index contributed by atoms with van der Waals surface area (Å²) in [6.45, 7) is 3.81. The number of aryl methyl sites for hydroxylation is 1. The fourth-order valence-electron chi connectivity index (χ4n) is 1.36. The molecule has 0 fully saturated rings. The van der Waals surface area contributed by atoms with E-state index in [1.165, 1.54) is 11.8 Å². The Bertz CT molecular complexity index is 525. The number of nitrogens with zero attached hydrogens (tertiary/aromatic N) is 1. The second-order valence-corrected chi connectivity index (χ2v) is 5.24. The van der Waals surface area contributed by atoms with Gasteiger partial charge >= 0.3 is 0 Å². The topological polar surface area (TPSA) is 52.0 Å². The quantitative estimate of drug-likeness (QED) is 0.920. The predicted octanol–water partition coefficient (Wildman–Crippen LogP) is 3.81. The molecule has 2 rings (SSSR count). The van der Waals surface area contributed by atoms with Crippen LogP contribution in [0.3, 0.4) is 0 Å². The van der Waals surface area contributed by atoms with E-state index >= 15 is 0 Å². The summed E-state index contributed by atoms with van der Waals surface area (Å²) < 4.78 is 5.27. The van der Waals surface area contributed by atoms with Gasteiger partial charge in [0.25, 0.3) is 5.22 Å². The molecule has 1 aromatic carbocycles. The monoisotopic (exact) mass is 268 g/mol. The normalized spacial score (nSPS) is 12.7. The van der Waals surface area contributed by atoms with Gasteiger partial charge in [-0.1, -0.05) is 17.7 Å². The van der Waals surface area contributed by atoms with Crippen molar-refractivity contribution in [3.8, 4) is 0 Å². The van der Waals surface area contributed by atoms with Crippen molar-refractivity contribution in [1.82, 2.24) is 4.98 Å². The van der Waals surface area contributed by atoms with Crippen LogP contribution in [0.4, 0.5) is 0 Å². The first kappa shape index (κ1) is 12.5. The van der Waals surface area contributed by atoms with Gasteiger partial charge in [0, 0.05) is 10.9 Å². The molecule has 0 amide bonds. The van der Waals surface area contributed by atoms with Gasteiger partial charge in [-0.25, -0.2) is 4.98 Å². The van der Waals surface area contributed by atoms with Crippen molar-refractivity contribution in [1.29, 1.82) is 0 Å². The van der Waals surface area contributed by atoms with Crippen LogP contribution < -0.4 is 5.73 Å². The van der Waals surface area contributed by atoms with Crippen LogP contribution in [0.25, 0.3) is 0 Å². The maximum absolute atomic E-state index is 6.18. The molecule has 2 aromatic rings. The van der Waals surface area contributed by atoms with E-state index in [9.17, 15) is 0 Å². The predicted molar refractivity (Wildman–Crippen MR) is 69.4 cm³/mol. The molecule has 0 bridgehead atoms. The third kappa shape index (κ3) is 3.03. The zero-order valence-electron chi connectivity index (χ0n) is 9.61. The summed E-state index contributed by atoms with van der Waals surface area (Å²) in [7, 11) is 0. The lowest BCUT2D eigenvalue weighted by Crippen LogP contribution is -2.04. The van der Waals surface area contributed by atoms with Crippen molar-refractivity contribution in [2.24, 2.45) is 5.73 Å². The average molecular weight is 269 g/mol. The Kier molecular flexibility index (Phi) is 3.76. The van der Waals surface area contributed by atoms with Gasteiger partial charge in [0.15, 0.2) is 0 Å². The van der Waals surface area contributed by atoms with Crippen molar-refractivity contribution >= 4 is 23.4 Å². The lowest BCUT2D eigenvalue weighted by molar-refractivity contribution is 0.454. The van der Waals surface area contributed by atoms with Crippen molar-refractivity contribution in [3.63, 3.8) is 0 Å². The van der Waals surface area contributed by atoms with E-state index in [-0.39, 0.29) is 6.04 Å². The van der Waals surface area contributed by atoms with E-state index in [2.05, 4.69) is 4.98 Å². The highest BCUT2D eigenvalue weighted by molar-refractivity contribution is 7.99. The van der Waals surface area contributed by atoms with E-state index in [1.54, 1.807) is 6.26 Å². The molecule has 0 unspecified atom stereocenters. The molecule has 17 heavy (non-hydrogen) atoms. The maximum atomic E-state index is 6.18. The Balaban J connectivity index is 2.22. The maximum Gasteiger partial charge on any atom is 0.260 e. The van der Waals surface area contributed by atoms with Gasteiger partial charge in [0.1, 0.15) is 6.26 Å². The molecular weight excluding hydrogens is 256 g/mol. The summed E-state index contributed by atoms with van der Waals surface area (Å²) >= 11 is 7.59. The molecule has 0 aliphatic rings. The fourth-order valence-corrected chi connectivity index (χ4v) is 2.43. The van der Waals surface area contributed by atoms with Gasteiger partial charge in [-0.05, 0) is 43.3 Å². The van der Waals surface area contributed by atoms with E-state index in [0.717, 1.165) is 16.2 Å². The molecule has 1 atom stereocenters. The number of hydrogen-bond acceptors (Lipinski definition) is 4. The Morgan fingerprint density at radius 3 is 2.76 bits per heavy atom. The average Bonchev–Trinajstić information content (AvgIpc) is 2.67. The minimum absolute atomic E-state index is 0.0180. The fraction of sp³-hybridized carbons (Fsp3) is 0.250. The standard InChI is InChI=1S/C12H13ClN2OS/c1-7-6-16-12(15-7)17-11-4-3-9(8(2)14)5-10(11)13/h3-6,8H,14H2,1-2H3/t8-/m1/s1. The zero-order chi connectivity index (χ0) is 12.4. The summed E-state index contributed by atoms with van der Waals surface area (Å²) in [6.07, 6.45) is 1.62. The first-order chi connectivity index (χ1) is 8.06. The van der Waals surface area contributed by atoms with Crippen LogP contribution in [0, 0.1) is 6.92 Å². The summed E-state index contributed by atoms with van der Waals surface area (Å²) in [6, 6.07) is 5.76. The lowest BCUT2D eigenvalue weighted by Gasteiger charge is -2.07. The molecule has 3 nitrogen and oxygen atoms in total. The minimum Gasteiger partial charge on any atom is -0.439 e. The highest BCUT2D eigenvalue weighted by atomic mass is 35.5. The van der Waals surface area contributed by atoms with Crippen LogP contribution in [0.5, 0.6) is 0 Å². The first-order valence-corrected chi connectivity index (χ1v) is 6.40. The van der Waals surface area contributed by atoms with Gasteiger partial charge in [-0.3, -0.25) is 0 Å². The molecule has 0 saturated heterocycles. The Morgan fingerprint density at radius 1 is 1.47 bits per heavy atom. The van der Waals surface area contributed by atoms with Crippen LogP contribution in [-0.2, 0) is 0 Å². The molecule has 0 spiro atoms. The molecule has 0 radical (unpaired) electrons. The van der Waals surface area contributed by atoms with E-state index in [0.29, 0.717) is 10.2 Å². The van der Waals surface area contributed by atoms with E-state index in [1.807, 2.05) is 32.0 Å². The van der Waals surface area contributed by atoms with Gasteiger partial charge in [-0.2, -0.15) is 0 Å². The second-order valence-electron chi connectivity index (χ2n) is 3.84. The number of aromatic nitrogens is 1. The van der Waals surface area contributed by atoms with Crippen molar-refractivity contribution in [2.45, 2.75) is 30.0 Å². The van der Waals surface area contributed by atoms with Crippen LogP contribution in [-0.4, -0.2) is 4.98 Å². The van der Waals surface area contributed by atoms with Crippen molar-refractivity contribution in [2.75, 3.05) is 0 Å². The lowest BCUT2D eigenvalue weighted by atomic mass is 10.1. The van der Waals surface area contributed by atoms with Gasteiger partial charge < -0.3 is 10.2 Å². The number of halogens is 1. The van der Waals surface area contributed by atoms with E-state index < -0.39 is 0 Å². The summed E-state index contributed by atoms with van der Waals surface area (Å²) in [5.41, 5.74) is 7.67. The SMILES string of the molecule is Cc1coc(Sc2ccc([C@@H](C)N)cc2Cl)n1. The summed E-state index contributed by atoms with van der Waals surface area (Å²) in [5, 5.41) is 1.26. The van der Waals surface area contributed by atoms with Gasteiger partial charge in [0.2, 0.25) is 0 Å². The van der Waals surface area contributed by atoms with E-state index in [4.69, 9.17) is 21.8 Å². The Morgan fingerprint density at radius 2 is 2.24 bits per heavy atom. The Labute approximate surface area is 109 Å². The third-order valence-electron chi connectivity index (χ3n) is 2.28. The zero-order valence-corrected chi connectivity index (χ0v) is 11.2. The summed E-state index contributed by atoms with van der Waals surface area (Å²) in [5.74, 6) is 0. The Hall–Kier alpha value is -0.970. The highest BCUT2D eigenvalue weighted by Crippen LogP contribution is 2.33. The first-order valence-electron chi connectivity index (χ1n) is 5.21. The number of rotatable bonds is 3.